The Labute approximate surface area is 219 Å². The summed E-state index contributed by atoms with van der Waals surface area (Å²) >= 11 is 0. The van der Waals surface area contributed by atoms with Crippen LogP contribution in [0.2, 0.25) is 0 Å². The van der Waals surface area contributed by atoms with Gasteiger partial charge in [0.05, 0.1) is 6.04 Å². The van der Waals surface area contributed by atoms with Crippen LogP contribution in [0.3, 0.4) is 0 Å². The van der Waals surface area contributed by atoms with Crippen LogP contribution < -0.4 is 0 Å². The van der Waals surface area contributed by atoms with Gasteiger partial charge in [-0.15, -0.1) is 0 Å². The zero-order valence-electron chi connectivity index (χ0n) is 22.2. The largest absolute Gasteiger partial charge is 0.356 e. The number of carbonyl (C=O) groups is 1. The van der Waals surface area contributed by atoms with Crippen LogP contribution in [0.4, 0.5) is 4.39 Å². The average Bonchev–Trinajstić information content (AvgIpc) is 3.28. The van der Waals surface area contributed by atoms with Crippen LogP contribution in [0.1, 0.15) is 65.0 Å². The summed E-state index contributed by atoms with van der Waals surface area (Å²) in [5, 5.41) is 1.24. The molecule has 5 heteroatoms. The molecular formula is C32H36FN3O. The van der Waals surface area contributed by atoms with Gasteiger partial charge in [0, 0.05) is 34.2 Å². The number of hydrogen-bond acceptors (Lipinski definition) is 2. The Kier molecular flexibility index (Phi) is 6.91. The molecule has 2 heterocycles. The second-order valence-corrected chi connectivity index (χ2v) is 10.5. The standard InChI is InChI=1S/C32H36FN3O/c1-5-32(35(3)4,23-12-10-13-24(33)21-23)19-17-29-30-27(26-15-8-9-16-28(26)34-30)18-20-36(29)31(37)25-14-7-6-11-22(25)2/h6-16,21,29,34H,5,17-20H2,1-4H3. The van der Waals surface area contributed by atoms with Crippen molar-refractivity contribution in [1.29, 1.82) is 0 Å². The van der Waals surface area contributed by atoms with E-state index in [0.717, 1.165) is 53.6 Å². The Hall–Kier alpha value is -3.44. The molecule has 1 aromatic heterocycles. The van der Waals surface area contributed by atoms with E-state index in [4.69, 9.17) is 0 Å². The van der Waals surface area contributed by atoms with E-state index < -0.39 is 0 Å². The molecule has 0 saturated heterocycles. The molecule has 4 aromatic rings. The first-order valence-corrected chi connectivity index (χ1v) is 13.2. The van der Waals surface area contributed by atoms with Crippen LogP contribution in [0.15, 0.2) is 72.8 Å². The van der Waals surface area contributed by atoms with Crippen molar-refractivity contribution in [2.45, 2.75) is 51.1 Å². The lowest BCUT2D eigenvalue weighted by Crippen LogP contribution is -2.44. The average molecular weight is 498 g/mol. The number of nitrogens with zero attached hydrogens (tertiary/aromatic N) is 2. The monoisotopic (exact) mass is 497 g/mol. The summed E-state index contributed by atoms with van der Waals surface area (Å²) in [6.07, 6.45) is 3.21. The van der Waals surface area contributed by atoms with E-state index in [1.54, 1.807) is 12.1 Å². The number of fused-ring (bicyclic) bond motifs is 3. The van der Waals surface area contributed by atoms with Gasteiger partial charge < -0.3 is 9.88 Å². The Morgan fingerprint density at radius 1 is 1.08 bits per heavy atom. The molecule has 3 aromatic carbocycles. The van der Waals surface area contributed by atoms with Crippen LogP contribution in [-0.2, 0) is 12.0 Å². The number of para-hydroxylation sites is 1. The van der Waals surface area contributed by atoms with Gasteiger partial charge >= 0.3 is 0 Å². The Morgan fingerprint density at radius 3 is 2.57 bits per heavy atom. The molecule has 1 N–H and O–H groups in total. The molecule has 0 spiro atoms. The molecule has 0 radical (unpaired) electrons. The highest BCUT2D eigenvalue weighted by molar-refractivity contribution is 5.96. The Morgan fingerprint density at radius 2 is 1.84 bits per heavy atom. The highest BCUT2D eigenvalue weighted by Crippen LogP contribution is 2.42. The third kappa shape index (κ3) is 4.46. The SMILES string of the molecule is CCC(CCC1c2[nH]c3ccccc3c2CCN1C(=O)c1ccccc1C)(c1cccc(F)c1)N(C)C. The maximum Gasteiger partial charge on any atom is 0.254 e. The molecule has 2 atom stereocenters. The predicted molar refractivity (Wildman–Crippen MR) is 148 cm³/mol. The van der Waals surface area contributed by atoms with Crippen LogP contribution in [-0.4, -0.2) is 41.3 Å². The zero-order valence-corrected chi connectivity index (χ0v) is 22.2. The maximum atomic E-state index is 14.3. The van der Waals surface area contributed by atoms with Crippen molar-refractivity contribution in [2.75, 3.05) is 20.6 Å². The van der Waals surface area contributed by atoms with Gasteiger partial charge in [0.2, 0.25) is 0 Å². The fraction of sp³-hybridized carbons (Fsp3) is 0.344. The van der Waals surface area contributed by atoms with Crippen LogP contribution in [0.25, 0.3) is 10.9 Å². The van der Waals surface area contributed by atoms with Crippen molar-refractivity contribution in [1.82, 2.24) is 14.8 Å². The topological polar surface area (TPSA) is 39.3 Å². The fourth-order valence-corrected chi connectivity index (χ4v) is 6.31. The molecule has 5 rings (SSSR count). The molecule has 1 aliphatic heterocycles. The van der Waals surface area contributed by atoms with Crippen LogP contribution in [0, 0.1) is 12.7 Å². The van der Waals surface area contributed by atoms with Gasteiger partial charge in [-0.25, -0.2) is 4.39 Å². The second-order valence-electron chi connectivity index (χ2n) is 10.5. The summed E-state index contributed by atoms with van der Waals surface area (Å²) < 4.78 is 14.3. The summed E-state index contributed by atoms with van der Waals surface area (Å²) in [6, 6.07) is 23.1. The first-order chi connectivity index (χ1) is 17.9. The minimum atomic E-state index is -0.344. The second kappa shape index (κ2) is 10.1. The lowest BCUT2D eigenvalue weighted by Gasteiger charge is -2.43. The van der Waals surface area contributed by atoms with Gasteiger partial charge in [0.15, 0.2) is 0 Å². The molecule has 4 nitrogen and oxygen atoms in total. The highest BCUT2D eigenvalue weighted by atomic mass is 19.1. The molecule has 0 fully saturated rings. The smallest absolute Gasteiger partial charge is 0.254 e. The summed E-state index contributed by atoms with van der Waals surface area (Å²) in [5.74, 6) is -0.144. The van der Waals surface area contributed by atoms with Gasteiger partial charge in [-0.1, -0.05) is 55.5 Å². The molecule has 0 aliphatic carbocycles. The van der Waals surface area contributed by atoms with Gasteiger partial charge in [-0.3, -0.25) is 9.69 Å². The van der Waals surface area contributed by atoms with Gasteiger partial charge in [-0.05, 0) is 87.7 Å². The number of benzene rings is 3. The third-order valence-corrected chi connectivity index (χ3v) is 8.43. The number of rotatable bonds is 7. The van der Waals surface area contributed by atoms with Crippen molar-refractivity contribution in [3.63, 3.8) is 0 Å². The summed E-state index contributed by atoms with van der Waals surface area (Å²) in [6.45, 7) is 4.84. The Balaban J connectivity index is 1.57. The normalized spacial score (nSPS) is 17.1. The third-order valence-electron chi connectivity index (χ3n) is 8.43. The van der Waals surface area contributed by atoms with Crippen molar-refractivity contribution < 1.29 is 9.18 Å². The number of hydrogen-bond donors (Lipinski definition) is 1. The first kappa shape index (κ1) is 25.2. The highest BCUT2D eigenvalue weighted by Gasteiger charge is 2.38. The molecule has 192 valence electrons. The number of aryl methyl sites for hydroxylation is 1. The maximum absolute atomic E-state index is 14.3. The Bertz CT molecular complexity index is 1420. The molecule has 37 heavy (non-hydrogen) atoms. The van der Waals surface area contributed by atoms with E-state index in [2.05, 4.69) is 54.0 Å². The van der Waals surface area contributed by atoms with Crippen molar-refractivity contribution in [3.05, 3.63) is 107 Å². The van der Waals surface area contributed by atoms with Crippen molar-refractivity contribution in [3.8, 4) is 0 Å². The molecule has 0 bridgehead atoms. The van der Waals surface area contributed by atoms with Gasteiger partial charge in [0.1, 0.15) is 5.82 Å². The lowest BCUT2D eigenvalue weighted by atomic mass is 9.79. The number of aromatic nitrogens is 1. The van der Waals surface area contributed by atoms with E-state index in [1.165, 1.54) is 17.0 Å². The summed E-state index contributed by atoms with van der Waals surface area (Å²) in [4.78, 5) is 21.9. The zero-order chi connectivity index (χ0) is 26.2. The van der Waals surface area contributed by atoms with E-state index >= 15 is 0 Å². The van der Waals surface area contributed by atoms with E-state index in [9.17, 15) is 9.18 Å². The minimum Gasteiger partial charge on any atom is -0.356 e. The van der Waals surface area contributed by atoms with Crippen molar-refractivity contribution >= 4 is 16.8 Å². The number of aromatic amines is 1. The number of halogens is 1. The molecule has 0 saturated carbocycles. The molecule has 1 amide bonds. The van der Waals surface area contributed by atoms with Crippen LogP contribution >= 0.6 is 0 Å². The van der Waals surface area contributed by atoms with Crippen LogP contribution in [0.5, 0.6) is 0 Å². The molecule has 1 aliphatic rings. The summed E-state index contributed by atoms with van der Waals surface area (Å²) in [7, 11) is 4.14. The number of nitrogens with one attached hydrogen (secondary N) is 1. The number of amides is 1. The van der Waals surface area contributed by atoms with Gasteiger partial charge in [-0.2, -0.15) is 0 Å². The quantitative estimate of drug-likeness (QED) is 0.299. The lowest BCUT2D eigenvalue weighted by molar-refractivity contribution is 0.0591. The van der Waals surface area contributed by atoms with E-state index in [0.29, 0.717) is 6.54 Å². The van der Waals surface area contributed by atoms with E-state index in [1.807, 2.05) is 43.3 Å². The number of H-pyrrole nitrogens is 1. The molecule has 2 unspecified atom stereocenters. The first-order valence-electron chi connectivity index (χ1n) is 13.2. The predicted octanol–water partition coefficient (Wildman–Crippen LogP) is 7.00. The fourth-order valence-electron chi connectivity index (χ4n) is 6.31. The molecular weight excluding hydrogens is 461 g/mol. The number of carbonyl (C=O) groups excluding carboxylic acids is 1. The minimum absolute atomic E-state index is 0.0742. The van der Waals surface area contributed by atoms with Crippen molar-refractivity contribution in [2.24, 2.45) is 0 Å². The van der Waals surface area contributed by atoms with Gasteiger partial charge in [0.25, 0.3) is 5.91 Å². The summed E-state index contributed by atoms with van der Waals surface area (Å²) in [5.41, 5.74) is 5.94. The van der Waals surface area contributed by atoms with E-state index in [-0.39, 0.29) is 23.3 Å².